The van der Waals surface area contributed by atoms with Crippen LogP contribution in [0.15, 0.2) is 0 Å². The van der Waals surface area contributed by atoms with Crippen LogP contribution in [0.2, 0.25) is 0 Å². The molecule has 114 valence electrons. The van der Waals surface area contributed by atoms with E-state index in [1.165, 1.54) is 0 Å². The van der Waals surface area contributed by atoms with Gasteiger partial charge < -0.3 is 10.2 Å². The summed E-state index contributed by atoms with van der Waals surface area (Å²) in [5.74, 6) is -1.52. The molecule has 0 bridgehead atoms. The van der Waals surface area contributed by atoms with E-state index < -0.39 is 17.5 Å². The first-order valence-corrected chi connectivity index (χ1v) is 6.45. The monoisotopic (exact) mass is 278 g/mol. The van der Waals surface area contributed by atoms with Gasteiger partial charge in [-0.1, -0.05) is 19.3 Å². The van der Waals surface area contributed by atoms with Crippen molar-refractivity contribution in [1.29, 1.82) is 0 Å². The highest BCUT2D eigenvalue weighted by Crippen LogP contribution is 2.06. The first kappa shape index (κ1) is 20.2. The lowest BCUT2D eigenvalue weighted by atomic mass is 10.1. The molecule has 0 amide bonds. The van der Waals surface area contributed by atoms with Crippen LogP contribution in [0.25, 0.3) is 0 Å². The smallest absolute Gasteiger partial charge is 0.303 e. The largest absolute Gasteiger partial charge is 0.481 e. The number of unbranched alkanes of at least 4 members (excludes halogenated alkanes) is 4. The standard InChI is InChI=1S/C9H16O4.C4H10O2/c10-8(11)6-4-2-1-3-5-7-9(12)13;1-4(2,3)6-5/h1-7H2,(H,10,11)(H,12,13);5H,1-3H3. The molecule has 0 aliphatic heterocycles. The summed E-state index contributed by atoms with van der Waals surface area (Å²) in [6.45, 7) is 5.31. The van der Waals surface area contributed by atoms with Crippen molar-refractivity contribution in [2.75, 3.05) is 0 Å². The number of carboxylic acid groups (broad SMARTS) is 2. The lowest BCUT2D eigenvalue weighted by Gasteiger charge is -2.10. The minimum Gasteiger partial charge on any atom is -0.481 e. The van der Waals surface area contributed by atoms with Crippen LogP contribution in [0, 0.1) is 0 Å². The van der Waals surface area contributed by atoms with Crippen LogP contribution in [0.1, 0.15) is 65.7 Å². The average molecular weight is 278 g/mol. The Hall–Kier alpha value is -1.14. The normalized spacial score (nSPS) is 10.5. The molecule has 6 heteroatoms. The number of carboxylic acids is 2. The maximum atomic E-state index is 10.1. The number of hydrogen-bond acceptors (Lipinski definition) is 4. The van der Waals surface area contributed by atoms with E-state index in [1.54, 1.807) is 20.8 Å². The summed E-state index contributed by atoms with van der Waals surface area (Å²) in [4.78, 5) is 24.1. The highest BCUT2D eigenvalue weighted by molar-refractivity contribution is 5.66. The van der Waals surface area contributed by atoms with Crippen LogP contribution in [0.5, 0.6) is 0 Å². The number of aliphatic carboxylic acids is 2. The first-order valence-electron chi connectivity index (χ1n) is 6.45. The molecule has 0 radical (unpaired) electrons. The Morgan fingerprint density at radius 3 is 1.32 bits per heavy atom. The number of rotatable bonds is 8. The van der Waals surface area contributed by atoms with E-state index in [4.69, 9.17) is 15.5 Å². The average Bonchev–Trinajstić information content (AvgIpc) is 2.27. The maximum Gasteiger partial charge on any atom is 0.303 e. The predicted octanol–water partition coefficient (Wildman–Crippen LogP) is 3.16. The van der Waals surface area contributed by atoms with Crippen molar-refractivity contribution in [1.82, 2.24) is 0 Å². The maximum absolute atomic E-state index is 10.1. The van der Waals surface area contributed by atoms with Crippen molar-refractivity contribution in [2.45, 2.75) is 71.3 Å². The summed E-state index contributed by atoms with van der Waals surface area (Å²) in [6, 6.07) is 0. The summed E-state index contributed by atoms with van der Waals surface area (Å²) < 4.78 is 0. The van der Waals surface area contributed by atoms with Crippen molar-refractivity contribution >= 4 is 11.9 Å². The van der Waals surface area contributed by atoms with Gasteiger partial charge in [-0.3, -0.25) is 14.8 Å². The summed E-state index contributed by atoms with van der Waals surface area (Å²) in [7, 11) is 0. The summed E-state index contributed by atoms with van der Waals surface area (Å²) in [5, 5.41) is 24.5. The van der Waals surface area contributed by atoms with Gasteiger partial charge in [0.1, 0.15) is 0 Å². The third-order valence-corrected chi connectivity index (χ3v) is 2.06. The molecule has 0 aromatic rings. The zero-order chi connectivity index (χ0) is 15.3. The van der Waals surface area contributed by atoms with Crippen molar-refractivity contribution in [3.63, 3.8) is 0 Å². The second-order valence-corrected chi connectivity index (χ2v) is 5.26. The molecule has 3 N–H and O–H groups in total. The third-order valence-electron chi connectivity index (χ3n) is 2.06. The fraction of sp³-hybridized carbons (Fsp3) is 0.846. The van der Waals surface area contributed by atoms with Gasteiger partial charge in [-0.05, 0) is 33.6 Å². The fourth-order valence-electron chi connectivity index (χ4n) is 1.08. The topological polar surface area (TPSA) is 104 Å². The van der Waals surface area contributed by atoms with Crippen LogP contribution in [-0.2, 0) is 14.5 Å². The van der Waals surface area contributed by atoms with Crippen LogP contribution in [0.3, 0.4) is 0 Å². The molecule has 0 saturated carbocycles. The molecular weight excluding hydrogens is 252 g/mol. The van der Waals surface area contributed by atoms with Crippen LogP contribution in [0.4, 0.5) is 0 Å². The summed E-state index contributed by atoms with van der Waals surface area (Å²) in [6.07, 6.45) is 4.53. The quantitative estimate of drug-likeness (QED) is 0.358. The molecule has 0 aromatic heterocycles. The predicted molar refractivity (Wildman–Crippen MR) is 71.1 cm³/mol. The molecule has 0 fully saturated rings. The number of carbonyl (C=O) groups is 2. The Balaban J connectivity index is 0. The molecular formula is C13H26O6. The lowest BCUT2D eigenvalue weighted by molar-refractivity contribution is -0.306. The minimum atomic E-state index is -0.759. The minimum absolute atomic E-state index is 0.221. The molecule has 0 heterocycles. The van der Waals surface area contributed by atoms with E-state index >= 15 is 0 Å². The molecule has 0 saturated heterocycles. The molecule has 6 nitrogen and oxygen atoms in total. The molecule has 0 spiro atoms. The van der Waals surface area contributed by atoms with Gasteiger partial charge in [-0.2, -0.15) is 0 Å². The Morgan fingerprint density at radius 1 is 0.842 bits per heavy atom. The van der Waals surface area contributed by atoms with Crippen molar-refractivity contribution in [2.24, 2.45) is 0 Å². The van der Waals surface area contributed by atoms with Crippen LogP contribution >= 0.6 is 0 Å². The Kier molecular flexibility index (Phi) is 12.7. The van der Waals surface area contributed by atoms with E-state index in [9.17, 15) is 9.59 Å². The van der Waals surface area contributed by atoms with Gasteiger partial charge in [-0.15, -0.1) is 0 Å². The molecule has 0 rings (SSSR count). The summed E-state index contributed by atoms with van der Waals surface area (Å²) >= 11 is 0. The van der Waals surface area contributed by atoms with E-state index in [1.807, 2.05) is 0 Å². The van der Waals surface area contributed by atoms with Gasteiger partial charge in [0.25, 0.3) is 0 Å². The van der Waals surface area contributed by atoms with E-state index in [-0.39, 0.29) is 12.8 Å². The van der Waals surface area contributed by atoms with Gasteiger partial charge in [0.15, 0.2) is 0 Å². The Bertz CT molecular complexity index is 226. The van der Waals surface area contributed by atoms with E-state index in [2.05, 4.69) is 4.89 Å². The van der Waals surface area contributed by atoms with Crippen molar-refractivity contribution in [3.05, 3.63) is 0 Å². The van der Waals surface area contributed by atoms with Gasteiger partial charge >= 0.3 is 11.9 Å². The Labute approximate surface area is 114 Å². The molecule has 0 aliphatic carbocycles. The van der Waals surface area contributed by atoms with E-state index in [0.29, 0.717) is 12.8 Å². The lowest BCUT2D eigenvalue weighted by Crippen LogP contribution is -2.15. The van der Waals surface area contributed by atoms with Crippen LogP contribution in [-0.4, -0.2) is 33.0 Å². The van der Waals surface area contributed by atoms with E-state index in [0.717, 1.165) is 19.3 Å². The second-order valence-electron chi connectivity index (χ2n) is 5.26. The van der Waals surface area contributed by atoms with Gasteiger partial charge in [0.05, 0.1) is 5.60 Å². The summed E-state index contributed by atoms with van der Waals surface area (Å²) in [5.41, 5.74) is -0.403. The Morgan fingerprint density at radius 2 is 1.11 bits per heavy atom. The third kappa shape index (κ3) is 26.5. The molecule has 19 heavy (non-hydrogen) atoms. The van der Waals surface area contributed by atoms with Gasteiger partial charge in [0.2, 0.25) is 0 Å². The SMILES string of the molecule is CC(C)(C)OO.O=C(O)CCCCCCCC(=O)O. The van der Waals surface area contributed by atoms with Gasteiger partial charge in [0, 0.05) is 12.8 Å². The second kappa shape index (κ2) is 11.9. The number of hydrogen-bond donors (Lipinski definition) is 3. The van der Waals surface area contributed by atoms with Crippen LogP contribution < -0.4 is 0 Å². The highest BCUT2D eigenvalue weighted by Gasteiger charge is 2.07. The molecule has 0 aliphatic rings. The molecule has 0 atom stereocenters. The molecule has 0 aromatic carbocycles. The fourth-order valence-corrected chi connectivity index (χ4v) is 1.08. The zero-order valence-corrected chi connectivity index (χ0v) is 12.0. The van der Waals surface area contributed by atoms with Crippen molar-refractivity contribution < 1.29 is 29.9 Å². The molecule has 0 unspecified atom stereocenters. The highest BCUT2D eigenvalue weighted by atomic mass is 17.1. The van der Waals surface area contributed by atoms with Gasteiger partial charge in [-0.25, -0.2) is 4.89 Å². The van der Waals surface area contributed by atoms with Crippen molar-refractivity contribution in [3.8, 4) is 0 Å². The zero-order valence-electron chi connectivity index (χ0n) is 12.0. The first-order chi connectivity index (χ1) is 8.69.